The number of benzene rings is 2. The van der Waals surface area contributed by atoms with E-state index < -0.39 is 17.7 Å². The second-order valence-electron chi connectivity index (χ2n) is 7.74. The first-order chi connectivity index (χ1) is 14.4. The van der Waals surface area contributed by atoms with Crippen LogP contribution in [-0.2, 0) is 9.59 Å². The number of carbonyl (C=O) groups is 2. The number of ether oxygens (including phenoxy) is 1. The zero-order chi connectivity index (χ0) is 21.8. The number of Topliss-reactive ketones (excluding diaryl/α,β-unsaturated/α-hetero) is 1. The Morgan fingerprint density at radius 3 is 2.47 bits per heavy atom. The van der Waals surface area contributed by atoms with Crippen LogP contribution in [0.2, 0.25) is 0 Å². The third-order valence-corrected chi connectivity index (χ3v) is 5.76. The third-order valence-electron chi connectivity index (χ3n) is 5.76. The average Bonchev–Trinajstić information content (AvgIpc) is 3.00. The molecule has 0 radical (unpaired) electrons. The standard InChI is InChI=1S/C25H29NO4/c1-5-6-9-14-26-22(19-10-7-8-11-20(19)30-4)21(24(28)25(26)29)23(27)18-13-12-16(2)17(3)15-18/h7-8,10-13,15,22,27H,5-6,9,14H2,1-4H3/b23-21+. The number of unbranched alkanes of at least 4 members (excludes halogenated alkanes) is 2. The molecule has 1 unspecified atom stereocenters. The van der Waals surface area contributed by atoms with Gasteiger partial charge in [-0.2, -0.15) is 0 Å². The fraction of sp³-hybridized carbons (Fsp3) is 0.360. The maximum absolute atomic E-state index is 13.0. The zero-order valence-electron chi connectivity index (χ0n) is 18.1. The van der Waals surface area contributed by atoms with Crippen molar-refractivity contribution >= 4 is 17.4 Å². The van der Waals surface area contributed by atoms with Gasteiger partial charge in [0.15, 0.2) is 0 Å². The van der Waals surface area contributed by atoms with Gasteiger partial charge < -0.3 is 14.7 Å². The molecule has 1 amide bonds. The number of methoxy groups -OCH3 is 1. The summed E-state index contributed by atoms with van der Waals surface area (Å²) in [5.41, 5.74) is 3.44. The van der Waals surface area contributed by atoms with Gasteiger partial charge in [0.05, 0.1) is 18.7 Å². The lowest BCUT2D eigenvalue weighted by Gasteiger charge is -2.26. The van der Waals surface area contributed by atoms with E-state index in [1.807, 2.05) is 44.2 Å². The number of likely N-dealkylation sites (tertiary alicyclic amines) is 1. The smallest absolute Gasteiger partial charge is 0.295 e. The van der Waals surface area contributed by atoms with Gasteiger partial charge in [-0.15, -0.1) is 0 Å². The number of hydrogen-bond donors (Lipinski definition) is 1. The lowest BCUT2D eigenvalue weighted by Crippen LogP contribution is -2.30. The number of aliphatic hydroxyl groups is 1. The first kappa shape index (κ1) is 21.6. The Morgan fingerprint density at radius 2 is 1.80 bits per heavy atom. The van der Waals surface area contributed by atoms with Crippen molar-refractivity contribution in [3.63, 3.8) is 0 Å². The Balaban J connectivity index is 2.18. The summed E-state index contributed by atoms with van der Waals surface area (Å²) < 4.78 is 5.52. The highest BCUT2D eigenvalue weighted by atomic mass is 16.5. The molecular formula is C25H29NO4. The monoisotopic (exact) mass is 407 g/mol. The summed E-state index contributed by atoms with van der Waals surface area (Å²) in [6.07, 6.45) is 2.75. The van der Waals surface area contributed by atoms with Gasteiger partial charge in [-0.05, 0) is 43.5 Å². The largest absolute Gasteiger partial charge is 0.507 e. The molecule has 2 aromatic rings. The van der Waals surface area contributed by atoms with Crippen molar-refractivity contribution in [1.29, 1.82) is 0 Å². The number of rotatable bonds is 7. The Kier molecular flexibility index (Phi) is 6.60. The van der Waals surface area contributed by atoms with Crippen LogP contribution < -0.4 is 4.74 Å². The molecule has 1 N–H and O–H groups in total. The molecule has 5 heteroatoms. The fourth-order valence-electron chi connectivity index (χ4n) is 3.90. The van der Waals surface area contributed by atoms with Crippen LogP contribution in [0.1, 0.15) is 54.5 Å². The Morgan fingerprint density at radius 1 is 1.07 bits per heavy atom. The van der Waals surface area contributed by atoms with E-state index in [1.54, 1.807) is 24.1 Å². The first-order valence-corrected chi connectivity index (χ1v) is 10.4. The summed E-state index contributed by atoms with van der Waals surface area (Å²) in [4.78, 5) is 27.6. The maximum Gasteiger partial charge on any atom is 0.295 e. The molecule has 30 heavy (non-hydrogen) atoms. The van der Waals surface area contributed by atoms with Gasteiger partial charge in [-0.1, -0.05) is 50.1 Å². The highest BCUT2D eigenvalue weighted by Gasteiger charge is 2.46. The highest BCUT2D eigenvalue weighted by molar-refractivity contribution is 6.46. The van der Waals surface area contributed by atoms with E-state index in [0.29, 0.717) is 23.4 Å². The molecule has 1 aliphatic rings. The van der Waals surface area contributed by atoms with Crippen LogP contribution in [0.5, 0.6) is 5.75 Å². The normalized spacial score (nSPS) is 18.1. The van der Waals surface area contributed by atoms with Crippen LogP contribution >= 0.6 is 0 Å². The van der Waals surface area contributed by atoms with E-state index in [-0.39, 0.29) is 11.3 Å². The topological polar surface area (TPSA) is 66.8 Å². The van der Waals surface area contributed by atoms with E-state index in [4.69, 9.17) is 4.74 Å². The van der Waals surface area contributed by atoms with Gasteiger partial charge in [0.2, 0.25) is 0 Å². The van der Waals surface area contributed by atoms with Gasteiger partial charge in [0.25, 0.3) is 11.7 Å². The minimum absolute atomic E-state index is 0.115. The van der Waals surface area contributed by atoms with Gasteiger partial charge >= 0.3 is 0 Å². The molecule has 1 aliphatic heterocycles. The molecular weight excluding hydrogens is 378 g/mol. The van der Waals surface area contributed by atoms with E-state index in [1.165, 1.54) is 0 Å². The molecule has 1 heterocycles. The van der Waals surface area contributed by atoms with E-state index in [2.05, 4.69) is 6.92 Å². The molecule has 0 saturated carbocycles. The minimum atomic E-state index is -0.681. The zero-order valence-corrected chi connectivity index (χ0v) is 18.1. The minimum Gasteiger partial charge on any atom is -0.507 e. The van der Waals surface area contributed by atoms with Crippen LogP contribution in [0.25, 0.3) is 5.76 Å². The maximum atomic E-state index is 13.0. The number of amides is 1. The quantitative estimate of drug-likeness (QED) is 0.306. The summed E-state index contributed by atoms with van der Waals surface area (Å²) in [7, 11) is 1.56. The number of ketones is 1. The van der Waals surface area contributed by atoms with E-state index in [9.17, 15) is 14.7 Å². The number of carbonyl (C=O) groups excluding carboxylic acids is 2. The molecule has 1 saturated heterocycles. The Hall–Kier alpha value is -3.08. The predicted octanol–water partition coefficient (Wildman–Crippen LogP) is 4.92. The van der Waals surface area contributed by atoms with Crippen molar-refractivity contribution in [2.45, 2.75) is 46.1 Å². The summed E-state index contributed by atoms with van der Waals surface area (Å²) in [6, 6.07) is 12.2. The fourth-order valence-corrected chi connectivity index (χ4v) is 3.90. The van der Waals surface area contributed by atoms with Crippen LogP contribution in [0, 0.1) is 13.8 Å². The second kappa shape index (κ2) is 9.16. The molecule has 3 rings (SSSR count). The molecule has 0 spiro atoms. The molecule has 0 bridgehead atoms. The summed E-state index contributed by atoms with van der Waals surface area (Å²) >= 11 is 0. The van der Waals surface area contributed by atoms with Crippen LogP contribution in [0.4, 0.5) is 0 Å². The number of para-hydroxylation sites is 1. The van der Waals surface area contributed by atoms with Gasteiger partial charge in [-0.25, -0.2) is 0 Å². The number of nitrogens with zero attached hydrogens (tertiary/aromatic N) is 1. The summed E-state index contributed by atoms with van der Waals surface area (Å²) in [6.45, 7) is 6.48. The Bertz CT molecular complexity index is 992. The van der Waals surface area contributed by atoms with E-state index >= 15 is 0 Å². The van der Waals surface area contributed by atoms with E-state index in [0.717, 1.165) is 30.4 Å². The van der Waals surface area contributed by atoms with Crippen LogP contribution in [-0.4, -0.2) is 35.4 Å². The lowest BCUT2D eigenvalue weighted by molar-refractivity contribution is -0.139. The number of aryl methyl sites for hydroxylation is 2. The van der Waals surface area contributed by atoms with Crippen LogP contribution in [0.15, 0.2) is 48.0 Å². The number of aliphatic hydroxyl groups excluding tert-OH is 1. The molecule has 0 aliphatic carbocycles. The molecule has 1 atom stereocenters. The predicted molar refractivity (Wildman–Crippen MR) is 117 cm³/mol. The van der Waals surface area contributed by atoms with Crippen molar-refractivity contribution in [3.8, 4) is 5.75 Å². The molecule has 158 valence electrons. The first-order valence-electron chi connectivity index (χ1n) is 10.4. The molecule has 2 aromatic carbocycles. The molecule has 5 nitrogen and oxygen atoms in total. The third kappa shape index (κ3) is 3.97. The second-order valence-corrected chi connectivity index (χ2v) is 7.74. The number of hydrogen-bond acceptors (Lipinski definition) is 4. The summed E-state index contributed by atoms with van der Waals surface area (Å²) in [5, 5.41) is 11.1. The van der Waals surface area contributed by atoms with Crippen molar-refractivity contribution < 1.29 is 19.4 Å². The van der Waals surface area contributed by atoms with Gasteiger partial charge in [-0.3, -0.25) is 9.59 Å². The van der Waals surface area contributed by atoms with Gasteiger partial charge in [0, 0.05) is 17.7 Å². The van der Waals surface area contributed by atoms with Crippen LogP contribution in [0.3, 0.4) is 0 Å². The van der Waals surface area contributed by atoms with Crippen molar-refractivity contribution in [1.82, 2.24) is 4.90 Å². The van der Waals surface area contributed by atoms with Crippen molar-refractivity contribution in [2.24, 2.45) is 0 Å². The molecule has 1 fully saturated rings. The molecule has 0 aromatic heterocycles. The Labute approximate surface area is 178 Å². The summed E-state index contributed by atoms with van der Waals surface area (Å²) in [5.74, 6) is -0.799. The SMILES string of the molecule is CCCCCN1C(=O)C(=O)/C(=C(/O)c2ccc(C)c(C)c2)C1c1ccccc1OC. The highest BCUT2D eigenvalue weighted by Crippen LogP contribution is 2.42. The average molecular weight is 408 g/mol. The van der Waals surface area contributed by atoms with Gasteiger partial charge in [0.1, 0.15) is 11.5 Å². The van der Waals surface area contributed by atoms with Crippen molar-refractivity contribution in [3.05, 3.63) is 70.3 Å². The lowest BCUT2D eigenvalue weighted by atomic mass is 9.93. The van der Waals surface area contributed by atoms with Crippen molar-refractivity contribution in [2.75, 3.05) is 13.7 Å².